The third-order valence-corrected chi connectivity index (χ3v) is 4.79. The third-order valence-electron chi connectivity index (χ3n) is 4.79. The quantitative estimate of drug-likeness (QED) is 0.565. The van der Waals surface area contributed by atoms with Gasteiger partial charge in [-0.2, -0.15) is 0 Å². The van der Waals surface area contributed by atoms with Crippen LogP contribution in [-0.2, 0) is 5.41 Å². The summed E-state index contributed by atoms with van der Waals surface area (Å²) in [6.07, 6.45) is 4.93. The van der Waals surface area contributed by atoms with Gasteiger partial charge in [0.05, 0.1) is 0 Å². The molecular weight excluding hydrogens is 252 g/mol. The fourth-order valence-electron chi connectivity index (χ4n) is 3.82. The van der Waals surface area contributed by atoms with Crippen molar-refractivity contribution in [1.82, 2.24) is 0 Å². The lowest BCUT2D eigenvalue weighted by molar-refractivity contribution is 0.299. The molecule has 0 saturated carbocycles. The molecule has 0 aliphatic heterocycles. The van der Waals surface area contributed by atoms with Crippen LogP contribution in [0.5, 0.6) is 0 Å². The van der Waals surface area contributed by atoms with Crippen LogP contribution in [0.3, 0.4) is 0 Å². The van der Waals surface area contributed by atoms with Crippen LogP contribution in [-0.4, -0.2) is 0 Å². The van der Waals surface area contributed by atoms with Gasteiger partial charge in [-0.1, -0.05) is 94.3 Å². The van der Waals surface area contributed by atoms with Gasteiger partial charge in [0, 0.05) is 5.41 Å². The van der Waals surface area contributed by atoms with Gasteiger partial charge in [0.15, 0.2) is 0 Å². The zero-order valence-corrected chi connectivity index (χ0v) is 13.7. The second kappa shape index (κ2) is 7.45. The summed E-state index contributed by atoms with van der Waals surface area (Å²) in [7, 11) is 0. The highest BCUT2D eigenvalue weighted by Crippen LogP contribution is 2.44. The van der Waals surface area contributed by atoms with E-state index in [0.717, 1.165) is 0 Å². The van der Waals surface area contributed by atoms with Gasteiger partial charge in [-0.3, -0.25) is 0 Å². The zero-order valence-electron chi connectivity index (χ0n) is 13.7. The van der Waals surface area contributed by atoms with Crippen molar-refractivity contribution in [3.05, 3.63) is 71.8 Å². The summed E-state index contributed by atoms with van der Waals surface area (Å²) in [5.74, 6) is 0.646. The standard InChI is InChI=1S/C21H28/c1-4-12-18(3)21(17-5-2,19-13-8-6-9-14-19)20-15-10-7-11-16-20/h6-11,13-16,18H,4-5,12,17H2,1-3H3. The van der Waals surface area contributed by atoms with Crippen molar-refractivity contribution in [2.75, 3.05) is 0 Å². The van der Waals surface area contributed by atoms with Gasteiger partial charge in [0.1, 0.15) is 0 Å². The molecule has 0 heterocycles. The first-order chi connectivity index (χ1) is 10.3. The van der Waals surface area contributed by atoms with E-state index in [9.17, 15) is 0 Å². The van der Waals surface area contributed by atoms with Gasteiger partial charge in [-0.05, 0) is 29.9 Å². The Morgan fingerprint density at radius 2 is 1.24 bits per heavy atom. The Balaban J connectivity index is 2.60. The number of benzene rings is 2. The Morgan fingerprint density at radius 3 is 1.62 bits per heavy atom. The lowest BCUT2D eigenvalue weighted by atomic mass is 9.63. The van der Waals surface area contributed by atoms with E-state index in [4.69, 9.17) is 0 Å². The van der Waals surface area contributed by atoms with Crippen LogP contribution < -0.4 is 0 Å². The molecule has 0 radical (unpaired) electrons. The van der Waals surface area contributed by atoms with E-state index in [0.29, 0.717) is 5.92 Å². The van der Waals surface area contributed by atoms with Crippen LogP contribution in [0.4, 0.5) is 0 Å². The van der Waals surface area contributed by atoms with Gasteiger partial charge < -0.3 is 0 Å². The predicted octanol–water partition coefficient (Wildman–Crippen LogP) is 6.21. The summed E-state index contributed by atoms with van der Waals surface area (Å²) in [6, 6.07) is 22.2. The number of hydrogen-bond acceptors (Lipinski definition) is 0. The maximum absolute atomic E-state index is 2.43. The Hall–Kier alpha value is -1.56. The SMILES string of the molecule is CCCC(C)C(CCC)(c1ccccc1)c1ccccc1. The molecule has 0 aromatic heterocycles. The minimum atomic E-state index is 0.146. The molecule has 0 aliphatic rings. The van der Waals surface area contributed by atoms with Crippen LogP contribution in [0.15, 0.2) is 60.7 Å². The molecule has 0 bridgehead atoms. The van der Waals surface area contributed by atoms with Crippen LogP contribution in [0.2, 0.25) is 0 Å². The molecule has 2 aromatic rings. The lowest BCUT2D eigenvalue weighted by Gasteiger charge is -2.41. The molecule has 0 fully saturated rings. The van der Waals surface area contributed by atoms with Crippen molar-refractivity contribution in [2.45, 2.75) is 51.9 Å². The molecule has 112 valence electrons. The summed E-state index contributed by atoms with van der Waals surface area (Å²) < 4.78 is 0. The first-order valence-electron chi connectivity index (χ1n) is 8.36. The molecule has 0 N–H and O–H groups in total. The summed E-state index contributed by atoms with van der Waals surface area (Å²) in [6.45, 7) is 7.03. The maximum atomic E-state index is 2.43. The predicted molar refractivity (Wildman–Crippen MR) is 92.6 cm³/mol. The summed E-state index contributed by atoms with van der Waals surface area (Å²) >= 11 is 0. The Labute approximate surface area is 130 Å². The Bertz CT molecular complexity index is 473. The molecule has 0 nitrogen and oxygen atoms in total. The molecule has 21 heavy (non-hydrogen) atoms. The first kappa shape index (κ1) is 15.8. The first-order valence-corrected chi connectivity index (χ1v) is 8.36. The van der Waals surface area contributed by atoms with Gasteiger partial charge in [-0.15, -0.1) is 0 Å². The molecule has 0 spiro atoms. The van der Waals surface area contributed by atoms with E-state index < -0.39 is 0 Å². The van der Waals surface area contributed by atoms with E-state index in [1.54, 1.807) is 0 Å². The van der Waals surface area contributed by atoms with E-state index in [1.165, 1.54) is 36.8 Å². The Kier molecular flexibility index (Phi) is 5.61. The fraction of sp³-hybridized carbons (Fsp3) is 0.429. The Morgan fingerprint density at radius 1 is 0.762 bits per heavy atom. The molecule has 0 amide bonds. The second-order valence-electron chi connectivity index (χ2n) is 6.14. The molecule has 1 atom stereocenters. The van der Waals surface area contributed by atoms with Crippen LogP contribution in [0.25, 0.3) is 0 Å². The topological polar surface area (TPSA) is 0 Å². The monoisotopic (exact) mass is 280 g/mol. The maximum Gasteiger partial charge on any atom is 0.0228 e. The summed E-state index contributed by atoms with van der Waals surface area (Å²) in [5.41, 5.74) is 3.09. The molecule has 0 aliphatic carbocycles. The van der Waals surface area contributed by atoms with Crippen molar-refractivity contribution >= 4 is 0 Å². The second-order valence-corrected chi connectivity index (χ2v) is 6.14. The number of rotatable bonds is 7. The largest absolute Gasteiger partial charge is 0.0654 e. The lowest BCUT2D eigenvalue weighted by Crippen LogP contribution is -2.35. The molecule has 2 rings (SSSR count). The van der Waals surface area contributed by atoms with Gasteiger partial charge >= 0.3 is 0 Å². The third kappa shape index (κ3) is 3.20. The average molecular weight is 280 g/mol. The molecular formula is C21H28. The zero-order chi connectivity index (χ0) is 15.1. The minimum Gasteiger partial charge on any atom is -0.0654 e. The van der Waals surface area contributed by atoms with Gasteiger partial charge in [0.2, 0.25) is 0 Å². The van der Waals surface area contributed by atoms with Crippen molar-refractivity contribution in [3.8, 4) is 0 Å². The molecule has 1 unspecified atom stereocenters. The van der Waals surface area contributed by atoms with Crippen molar-refractivity contribution in [3.63, 3.8) is 0 Å². The molecule has 0 saturated heterocycles. The van der Waals surface area contributed by atoms with Crippen molar-refractivity contribution in [2.24, 2.45) is 5.92 Å². The summed E-state index contributed by atoms with van der Waals surface area (Å²) in [4.78, 5) is 0. The van der Waals surface area contributed by atoms with Crippen molar-refractivity contribution in [1.29, 1.82) is 0 Å². The highest BCUT2D eigenvalue weighted by Gasteiger charge is 2.38. The van der Waals surface area contributed by atoms with Gasteiger partial charge in [-0.25, -0.2) is 0 Å². The average Bonchev–Trinajstić information content (AvgIpc) is 2.54. The van der Waals surface area contributed by atoms with Crippen molar-refractivity contribution < 1.29 is 0 Å². The smallest absolute Gasteiger partial charge is 0.0228 e. The molecule has 0 heteroatoms. The highest BCUT2D eigenvalue weighted by atomic mass is 14.4. The highest BCUT2D eigenvalue weighted by molar-refractivity contribution is 5.40. The van der Waals surface area contributed by atoms with E-state index in [2.05, 4.69) is 81.4 Å². The fourth-order valence-corrected chi connectivity index (χ4v) is 3.82. The normalized spacial score (nSPS) is 13.1. The number of hydrogen-bond donors (Lipinski definition) is 0. The molecule has 2 aromatic carbocycles. The van der Waals surface area contributed by atoms with E-state index >= 15 is 0 Å². The minimum absolute atomic E-state index is 0.146. The van der Waals surface area contributed by atoms with Crippen LogP contribution >= 0.6 is 0 Å². The van der Waals surface area contributed by atoms with Crippen LogP contribution in [0, 0.1) is 5.92 Å². The van der Waals surface area contributed by atoms with E-state index in [-0.39, 0.29) is 5.41 Å². The van der Waals surface area contributed by atoms with Crippen LogP contribution in [0.1, 0.15) is 57.6 Å². The van der Waals surface area contributed by atoms with Gasteiger partial charge in [0.25, 0.3) is 0 Å². The summed E-state index contributed by atoms with van der Waals surface area (Å²) in [5, 5.41) is 0. The van der Waals surface area contributed by atoms with E-state index in [1.807, 2.05) is 0 Å².